The average Bonchev–Trinajstić information content (AvgIpc) is 2.98. The van der Waals surface area contributed by atoms with Crippen molar-refractivity contribution in [2.24, 2.45) is 5.73 Å². The number of likely N-dealkylation sites (tertiary alicyclic amines) is 1. The van der Waals surface area contributed by atoms with E-state index in [2.05, 4.69) is 5.32 Å². The lowest BCUT2D eigenvalue weighted by molar-refractivity contribution is -0.133. The monoisotopic (exact) mass is 645 g/mol. The molecule has 1 atom stereocenters. The van der Waals surface area contributed by atoms with Crippen LogP contribution < -0.4 is 11.1 Å². The Kier molecular flexibility index (Phi) is 12.0. The molecule has 0 bridgehead atoms. The molecule has 1 saturated heterocycles. The summed E-state index contributed by atoms with van der Waals surface area (Å²) >= 11 is 24.7. The molecular formula is C32H31Cl4N3O3. The minimum absolute atomic E-state index is 0.132. The molecule has 3 aromatic rings. The van der Waals surface area contributed by atoms with Crippen LogP contribution in [0, 0.1) is 0 Å². The van der Waals surface area contributed by atoms with Crippen molar-refractivity contribution in [1.29, 1.82) is 0 Å². The van der Waals surface area contributed by atoms with Gasteiger partial charge in [0, 0.05) is 37.3 Å². The maximum atomic E-state index is 14.1. The molecule has 1 heterocycles. The molecule has 1 aliphatic heterocycles. The number of nitrogens with zero attached hydrogens (tertiary/aromatic N) is 1. The van der Waals surface area contributed by atoms with Gasteiger partial charge in [0.05, 0.1) is 39.3 Å². The number of Topliss-reactive ketones (excluding diaryl/α,β-unsaturated/α-hetero) is 1. The van der Waals surface area contributed by atoms with Crippen LogP contribution >= 0.6 is 46.4 Å². The van der Waals surface area contributed by atoms with Crippen molar-refractivity contribution in [2.75, 3.05) is 39.4 Å². The smallest absolute Gasteiger partial charge is 0.240 e. The standard InChI is InChI=1S/C32H31Cl4N3O3/c33-26-8-6-22(16-28(26)35)14-24-19-39(20-25(31(24)40)15-23-7-9-27(34)29(36)17-23)32(41)30(38-11-13-42-12-10-37)18-21-4-2-1-3-5-21/h1-9,14-17,30,38H,10-13,18-20,37H2/b24-14+,25-15+/t30-/m0/s1. The SMILES string of the molecule is NCCOCCN[C@@H](Cc1ccccc1)C(=O)N1C/C(=C\c2ccc(Cl)c(Cl)c2)C(=O)/C(=C/c2ccc(Cl)c(Cl)c2)C1. The number of carbonyl (C=O) groups is 2. The van der Waals surface area contributed by atoms with Crippen LogP contribution in [0.2, 0.25) is 20.1 Å². The van der Waals surface area contributed by atoms with Crippen molar-refractivity contribution in [2.45, 2.75) is 12.5 Å². The summed E-state index contributed by atoms with van der Waals surface area (Å²) < 4.78 is 5.51. The highest BCUT2D eigenvalue weighted by Gasteiger charge is 2.32. The van der Waals surface area contributed by atoms with Crippen molar-refractivity contribution in [1.82, 2.24) is 10.2 Å². The van der Waals surface area contributed by atoms with E-state index in [-0.39, 0.29) is 24.8 Å². The molecule has 10 heteroatoms. The first-order valence-corrected chi connectivity index (χ1v) is 15.0. The third kappa shape index (κ3) is 8.91. The summed E-state index contributed by atoms with van der Waals surface area (Å²) in [6.07, 6.45) is 3.96. The van der Waals surface area contributed by atoms with Gasteiger partial charge in [-0.15, -0.1) is 0 Å². The maximum Gasteiger partial charge on any atom is 0.240 e. The van der Waals surface area contributed by atoms with Gasteiger partial charge in [0.2, 0.25) is 5.91 Å². The molecule has 0 aliphatic carbocycles. The van der Waals surface area contributed by atoms with Crippen LogP contribution in [0.25, 0.3) is 12.2 Å². The lowest BCUT2D eigenvalue weighted by Crippen LogP contribution is -2.52. The molecule has 3 N–H and O–H groups in total. The summed E-state index contributed by atoms with van der Waals surface area (Å²) in [7, 11) is 0. The van der Waals surface area contributed by atoms with Crippen LogP contribution in [0.1, 0.15) is 16.7 Å². The normalized spacial score (nSPS) is 16.3. The summed E-state index contributed by atoms with van der Waals surface area (Å²) in [4.78, 5) is 29.5. The lowest BCUT2D eigenvalue weighted by Gasteiger charge is -2.33. The number of hydrogen-bond donors (Lipinski definition) is 2. The van der Waals surface area contributed by atoms with E-state index in [4.69, 9.17) is 56.9 Å². The van der Waals surface area contributed by atoms with Crippen molar-refractivity contribution in [3.8, 4) is 0 Å². The fourth-order valence-electron chi connectivity index (χ4n) is 4.61. The lowest BCUT2D eigenvalue weighted by atomic mass is 9.93. The van der Waals surface area contributed by atoms with Gasteiger partial charge >= 0.3 is 0 Å². The minimum Gasteiger partial charge on any atom is -0.379 e. The number of hydrogen-bond acceptors (Lipinski definition) is 5. The Balaban J connectivity index is 1.67. The molecule has 3 aromatic carbocycles. The number of ether oxygens (including phenoxy) is 1. The third-order valence-electron chi connectivity index (χ3n) is 6.67. The first-order valence-electron chi connectivity index (χ1n) is 13.4. The Morgan fingerprint density at radius 1 is 0.857 bits per heavy atom. The van der Waals surface area contributed by atoms with Crippen molar-refractivity contribution in [3.05, 3.63) is 115 Å². The summed E-state index contributed by atoms with van der Waals surface area (Å²) in [6.45, 7) is 2.02. The predicted molar refractivity (Wildman–Crippen MR) is 172 cm³/mol. The van der Waals surface area contributed by atoms with Gasteiger partial charge in [0.15, 0.2) is 5.78 Å². The second kappa shape index (κ2) is 15.7. The summed E-state index contributed by atoms with van der Waals surface area (Å²) in [6, 6.07) is 19.5. The molecule has 220 valence electrons. The van der Waals surface area contributed by atoms with E-state index in [0.29, 0.717) is 75.1 Å². The summed E-state index contributed by atoms with van der Waals surface area (Å²) in [5.74, 6) is -0.302. The van der Waals surface area contributed by atoms with Crippen LogP contribution in [-0.4, -0.2) is 62.0 Å². The van der Waals surface area contributed by atoms with Crippen LogP contribution in [0.5, 0.6) is 0 Å². The van der Waals surface area contributed by atoms with Gasteiger partial charge < -0.3 is 20.7 Å². The number of amides is 1. The highest BCUT2D eigenvalue weighted by atomic mass is 35.5. The molecule has 0 unspecified atom stereocenters. The van der Waals surface area contributed by atoms with E-state index in [0.717, 1.165) is 5.56 Å². The Bertz CT molecular complexity index is 1400. The van der Waals surface area contributed by atoms with E-state index in [1.165, 1.54) is 0 Å². The molecule has 0 aromatic heterocycles. The van der Waals surface area contributed by atoms with Gasteiger partial charge in [-0.05, 0) is 59.5 Å². The molecule has 42 heavy (non-hydrogen) atoms. The molecular weight excluding hydrogens is 616 g/mol. The van der Waals surface area contributed by atoms with Crippen molar-refractivity contribution >= 4 is 70.2 Å². The number of ketones is 1. The van der Waals surface area contributed by atoms with Gasteiger partial charge in [-0.3, -0.25) is 9.59 Å². The van der Waals surface area contributed by atoms with Crippen molar-refractivity contribution < 1.29 is 14.3 Å². The zero-order valence-electron chi connectivity index (χ0n) is 22.8. The first-order chi connectivity index (χ1) is 20.2. The number of nitrogens with two attached hydrogens (primary N) is 1. The second-order valence-electron chi connectivity index (χ2n) is 9.81. The molecule has 1 fully saturated rings. The number of halogens is 4. The Labute approximate surface area is 266 Å². The van der Waals surface area contributed by atoms with E-state index >= 15 is 0 Å². The number of nitrogens with one attached hydrogen (secondary N) is 1. The molecule has 1 amide bonds. The minimum atomic E-state index is -0.542. The molecule has 0 saturated carbocycles. The van der Waals surface area contributed by atoms with Crippen LogP contribution in [0.4, 0.5) is 0 Å². The fraction of sp³-hybridized carbons (Fsp3) is 0.250. The third-order valence-corrected chi connectivity index (χ3v) is 8.14. The van der Waals surface area contributed by atoms with E-state index in [1.807, 2.05) is 30.3 Å². The molecule has 1 aliphatic rings. The second-order valence-corrected chi connectivity index (χ2v) is 11.4. The van der Waals surface area contributed by atoms with E-state index in [9.17, 15) is 9.59 Å². The first kappa shape index (κ1) is 32.2. The van der Waals surface area contributed by atoms with Crippen LogP contribution in [-0.2, 0) is 20.7 Å². The molecule has 6 nitrogen and oxygen atoms in total. The highest BCUT2D eigenvalue weighted by molar-refractivity contribution is 6.42. The molecule has 0 radical (unpaired) electrons. The van der Waals surface area contributed by atoms with E-state index < -0.39 is 6.04 Å². The number of rotatable bonds is 11. The number of piperidine rings is 1. The topological polar surface area (TPSA) is 84.7 Å². The quantitative estimate of drug-likeness (QED) is 0.187. The highest BCUT2D eigenvalue weighted by Crippen LogP contribution is 2.28. The molecule has 0 spiro atoms. The zero-order chi connectivity index (χ0) is 30.1. The van der Waals surface area contributed by atoms with Crippen LogP contribution in [0.15, 0.2) is 77.9 Å². The fourth-order valence-corrected chi connectivity index (χ4v) is 5.22. The van der Waals surface area contributed by atoms with Gasteiger partial charge in [-0.2, -0.15) is 0 Å². The van der Waals surface area contributed by atoms with Gasteiger partial charge in [0.1, 0.15) is 0 Å². The van der Waals surface area contributed by atoms with Crippen LogP contribution in [0.3, 0.4) is 0 Å². The Hall–Kier alpha value is -2.68. The summed E-state index contributed by atoms with van der Waals surface area (Å²) in [5, 5.41) is 4.92. The predicted octanol–water partition coefficient (Wildman–Crippen LogP) is 6.35. The number of benzene rings is 3. The maximum absolute atomic E-state index is 14.1. The van der Waals surface area contributed by atoms with E-state index in [1.54, 1.807) is 53.5 Å². The average molecular weight is 647 g/mol. The van der Waals surface area contributed by atoms with Gasteiger partial charge in [0.25, 0.3) is 0 Å². The van der Waals surface area contributed by atoms with Crippen molar-refractivity contribution in [3.63, 3.8) is 0 Å². The van der Waals surface area contributed by atoms with Gasteiger partial charge in [-0.25, -0.2) is 0 Å². The molecule has 4 rings (SSSR count). The summed E-state index contributed by atoms with van der Waals surface area (Å²) in [5.41, 5.74) is 8.83. The Morgan fingerprint density at radius 3 is 1.95 bits per heavy atom. The number of carbonyl (C=O) groups excluding carboxylic acids is 2. The largest absolute Gasteiger partial charge is 0.379 e. The Morgan fingerprint density at radius 2 is 1.43 bits per heavy atom. The zero-order valence-corrected chi connectivity index (χ0v) is 25.8. The van der Waals surface area contributed by atoms with Gasteiger partial charge in [-0.1, -0.05) is 88.9 Å².